The standard InChI is InChI=1S/C13H18BrNO2.BrH/c1-8(14)7-15-11-3-2-9-5-12(16)13(17)6-10(9)4-11;/h5-6,8,11,15-17H,2-4,7H2,1H3;1H. The van der Waals surface area contributed by atoms with E-state index in [1.54, 1.807) is 12.1 Å². The lowest BCUT2D eigenvalue weighted by Gasteiger charge is -2.26. The summed E-state index contributed by atoms with van der Waals surface area (Å²) in [6.45, 7) is 3.07. The van der Waals surface area contributed by atoms with Crippen LogP contribution >= 0.6 is 32.9 Å². The number of aromatic hydroxyl groups is 2. The van der Waals surface area contributed by atoms with Gasteiger partial charge in [0.2, 0.25) is 0 Å². The Balaban J connectivity index is 0.00000162. The fourth-order valence-electron chi connectivity index (χ4n) is 2.29. The van der Waals surface area contributed by atoms with Crippen molar-refractivity contribution >= 4 is 32.9 Å². The minimum absolute atomic E-state index is 0. The van der Waals surface area contributed by atoms with Gasteiger partial charge in [-0.1, -0.05) is 22.9 Å². The van der Waals surface area contributed by atoms with E-state index in [1.807, 2.05) is 0 Å². The number of phenols is 2. The van der Waals surface area contributed by atoms with E-state index in [2.05, 4.69) is 28.2 Å². The van der Waals surface area contributed by atoms with Gasteiger partial charge in [0.1, 0.15) is 0 Å². The Kier molecular flexibility index (Phi) is 5.95. The van der Waals surface area contributed by atoms with Crippen molar-refractivity contribution in [1.29, 1.82) is 0 Å². The molecule has 2 atom stereocenters. The topological polar surface area (TPSA) is 52.5 Å². The summed E-state index contributed by atoms with van der Waals surface area (Å²) in [7, 11) is 0. The maximum Gasteiger partial charge on any atom is 0.157 e. The number of phenolic OH excluding ortho intramolecular Hbond substituents is 2. The third-order valence-corrected chi connectivity index (χ3v) is 3.54. The average Bonchev–Trinajstić information content (AvgIpc) is 2.28. The number of aryl methyl sites for hydroxylation is 1. The van der Waals surface area contributed by atoms with Crippen molar-refractivity contribution in [3.05, 3.63) is 23.3 Å². The van der Waals surface area contributed by atoms with Crippen molar-refractivity contribution in [2.24, 2.45) is 0 Å². The van der Waals surface area contributed by atoms with Crippen molar-refractivity contribution in [3.8, 4) is 11.5 Å². The molecule has 1 aromatic rings. The Bertz CT molecular complexity index is 410. The van der Waals surface area contributed by atoms with Gasteiger partial charge in [-0.3, -0.25) is 0 Å². The van der Waals surface area contributed by atoms with E-state index in [1.165, 1.54) is 0 Å². The van der Waals surface area contributed by atoms with E-state index < -0.39 is 0 Å². The van der Waals surface area contributed by atoms with E-state index in [-0.39, 0.29) is 28.5 Å². The number of halogens is 2. The van der Waals surface area contributed by atoms with Gasteiger partial charge in [-0.25, -0.2) is 0 Å². The van der Waals surface area contributed by atoms with Crippen molar-refractivity contribution in [2.45, 2.75) is 37.1 Å². The number of alkyl halides is 1. The molecule has 0 fully saturated rings. The van der Waals surface area contributed by atoms with Gasteiger partial charge >= 0.3 is 0 Å². The van der Waals surface area contributed by atoms with Crippen LogP contribution in [-0.4, -0.2) is 27.6 Å². The molecule has 0 spiro atoms. The molecule has 2 rings (SSSR count). The highest BCUT2D eigenvalue weighted by molar-refractivity contribution is 9.09. The van der Waals surface area contributed by atoms with Gasteiger partial charge in [0.25, 0.3) is 0 Å². The Morgan fingerprint density at radius 2 is 1.94 bits per heavy atom. The first-order valence-corrected chi connectivity index (χ1v) is 6.89. The number of hydrogen-bond acceptors (Lipinski definition) is 3. The molecule has 18 heavy (non-hydrogen) atoms. The number of hydrogen-bond donors (Lipinski definition) is 3. The summed E-state index contributed by atoms with van der Waals surface area (Å²) >= 11 is 3.52. The maximum absolute atomic E-state index is 9.50. The van der Waals surface area contributed by atoms with Crippen molar-refractivity contribution in [3.63, 3.8) is 0 Å². The zero-order valence-electron chi connectivity index (χ0n) is 10.3. The molecule has 102 valence electrons. The van der Waals surface area contributed by atoms with Crippen LogP contribution in [0.15, 0.2) is 12.1 Å². The van der Waals surface area contributed by atoms with Crippen LogP contribution in [0, 0.1) is 0 Å². The lowest BCUT2D eigenvalue weighted by atomic mass is 9.88. The highest BCUT2D eigenvalue weighted by Gasteiger charge is 2.20. The number of rotatable bonds is 3. The molecule has 0 aromatic heterocycles. The van der Waals surface area contributed by atoms with E-state index in [0.717, 1.165) is 36.9 Å². The summed E-state index contributed by atoms with van der Waals surface area (Å²) in [6.07, 6.45) is 2.96. The first-order chi connectivity index (χ1) is 8.06. The SMILES string of the molecule is Br.CC(Br)CNC1CCc2cc(O)c(O)cc2C1. The third kappa shape index (κ3) is 3.87. The molecule has 5 heteroatoms. The zero-order chi connectivity index (χ0) is 12.4. The molecule has 3 N–H and O–H groups in total. The van der Waals surface area contributed by atoms with E-state index in [0.29, 0.717) is 10.9 Å². The van der Waals surface area contributed by atoms with Gasteiger partial charge in [0, 0.05) is 17.4 Å². The second-order valence-corrected chi connectivity index (χ2v) is 6.30. The lowest BCUT2D eigenvalue weighted by Crippen LogP contribution is -2.37. The van der Waals surface area contributed by atoms with Gasteiger partial charge in [-0.2, -0.15) is 0 Å². The summed E-state index contributed by atoms with van der Waals surface area (Å²) in [5, 5.41) is 22.5. The summed E-state index contributed by atoms with van der Waals surface area (Å²) in [5.74, 6) is -0.0255. The van der Waals surface area contributed by atoms with E-state index in [4.69, 9.17) is 0 Å². The predicted molar refractivity (Wildman–Crippen MR) is 82.3 cm³/mol. The monoisotopic (exact) mass is 379 g/mol. The van der Waals surface area contributed by atoms with Gasteiger partial charge < -0.3 is 15.5 Å². The highest BCUT2D eigenvalue weighted by Crippen LogP contribution is 2.32. The summed E-state index contributed by atoms with van der Waals surface area (Å²) < 4.78 is 0. The fourth-order valence-corrected chi connectivity index (χ4v) is 2.47. The Hall–Kier alpha value is -0.260. The van der Waals surface area contributed by atoms with Crippen LogP contribution in [0.25, 0.3) is 0 Å². The Labute approximate surface area is 126 Å². The predicted octanol–water partition coefficient (Wildman–Crippen LogP) is 2.91. The molecule has 1 aliphatic rings. The number of fused-ring (bicyclic) bond motifs is 1. The van der Waals surface area contributed by atoms with Crippen molar-refractivity contribution < 1.29 is 10.2 Å². The Morgan fingerprint density at radius 1 is 1.33 bits per heavy atom. The molecule has 2 unspecified atom stereocenters. The molecule has 0 saturated heterocycles. The molecule has 0 aliphatic heterocycles. The third-order valence-electron chi connectivity index (χ3n) is 3.21. The first kappa shape index (κ1) is 15.8. The average molecular weight is 381 g/mol. The summed E-state index contributed by atoms with van der Waals surface area (Å²) in [4.78, 5) is 0.470. The van der Waals surface area contributed by atoms with Crippen LogP contribution < -0.4 is 5.32 Å². The summed E-state index contributed by atoms with van der Waals surface area (Å²) in [5.41, 5.74) is 2.30. The Morgan fingerprint density at radius 3 is 2.56 bits per heavy atom. The molecule has 1 aliphatic carbocycles. The van der Waals surface area contributed by atoms with Crippen LogP contribution in [0.3, 0.4) is 0 Å². The molecule has 0 saturated carbocycles. The fraction of sp³-hybridized carbons (Fsp3) is 0.538. The molecular formula is C13H19Br2NO2. The highest BCUT2D eigenvalue weighted by atomic mass is 79.9. The van der Waals surface area contributed by atoms with Gasteiger partial charge in [-0.05, 0) is 42.5 Å². The smallest absolute Gasteiger partial charge is 0.157 e. The second-order valence-electron chi connectivity index (χ2n) is 4.74. The molecule has 0 amide bonds. The van der Waals surface area contributed by atoms with Crippen molar-refractivity contribution in [2.75, 3.05) is 6.54 Å². The first-order valence-electron chi connectivity index (χ1n) is 5.97. The van der Waals surface area contributed by atoms with Crippen LogP contribution in [0.2, 0.25) is 0 Å². The van der Waals surface area contributed by atoms with Gasteiger partial charge in [-0.15, -0.1) is 17.0 Å². The van der Waals surface area contributed by atoms with Crippen molar-refractivity contribution in [1.82, 2.24) is 5.32 Å². The van der Waals surface area contributed by atoms with Gasteiger partial charge in [0.15, 0.2) is 11.5 Å². The van der Waals surface area contributed by atoms with E-state index in [9.17, 15) is 10.2 Å². The summed E-state index contributed by atoms with van der Waals surface area (Å²) in [6, 6.07) is 3.84. The van der Waals surface area contributed by atoms with Gasteiger partial charge in [0.05, 0.1) is 0 Å². The molecule has 0 heterocycles. The van der Waals surface area contributed by atoms with Crippen LogP contribution in [0.1, 0.15) is 24.5 Å². The number of nitrogens with one attached hydrogen (secondary N) is 1. The van der Waals surface area contributed by atoms with Crippen LogP contribution in [0.5, 0.6) is 11.5 Å². The normalized spacial score (nSPS) is 19.8. The molecule has 0 radical (unpaired) electrons. The van der Waals surface area contributed by atoms with Crippen LogP contribution in [0.4, 0.5) is 0 Å². The zero-order valence-corrected chi connectivity index (χ0v) is 13.6. The molecule has 1 aromatic carbocycles. The number of benzene rings is 1. The van der Waals surface area contributed by atoms with Crippen LogP contribution in [-0.2, 0) is 12.8 Å². The molecule has 0 bridgehead atoms. The second kappa shape index (κ2) is 6.78. The van der Waals surface area contributed by atoms with E-state index >= 15 is 0 Å². The minimum atomic E-state index is -0.0155. The molecule has 3 nitrogen and oxygen atoms in total. The molecular weight excluding hydrogens is 362 g/mol. The lowest BCUT2D eigenvalue weighted by molar-refractivity contribution is 0.398. The largest absolute Gasteiger partial charge is 0.504 e. The maximum atomic E-state index is 9.50. The minimum Gasteiger partial charge on any atom is -0.504 e. The quantitative estimate of drug-likeness (QED) is 0.558.